The van der Waals surface area contributed by atoms with Crippen LogP contribution >= 0.6 is 0 Å². The van der Waals surface area contributed by atoms with Crippen molar-refractivity contribution in [3.8, 4) is 6.07 Å². The van der Waals surface area contributed by atoms with E-state index in [2.05, 4.69) is 6.07 Å². The topological polar surface area (TPSA) is 69.0 Å². The third-order valence-corrected chi connectivity index (χ3v) is 3.89. The summed E-state index contributed by atoms with van der Waals surface area (Å²) in [5.74, 6) is 0.108. The van der Waals surface area contributed by atoms with E-state index >= 15 is 0 Å². The molecule has 3 heterocycles. The molecule has 0 amide bonds. The minimum absolute atomic E-state index is 0.108. The zero-order valence-corrected chi connectivity index (χ0v) is 9.24. The molecule has 16 heavy (non-hydrogen) atoms. The number of aliphatic hydroxyl groups excluding tert-OH is 1. The lowest BCUT2D eigenvalue weighted by Gasteiger charge is -2.40. The highest BCUT2D eigenvalue weighted by Gasteiger charge is 2.65. The summed E-state index contributed by atoms with van der Waals surface area (Å²) in [4.78, 5) is 2.00. The fraction of sp³-hybridized carbons (Fsp3) is 0.909. The number of epoxide rings is 1. The Hall–Kier alpha value is -0.670. The van der Waals surface area contributed by atoms with Crippen molar-refractivity contribution in [2.24, 2.45) is 5.92 Å². The van der Waals surface area contributed by atoms with Gasteiger partial charge in [-0.15, -0.1) is 0 Å². The third-order valence-electron chi connectivity index (χ3n) is 3.89. The highest BCUT2D eigenvalue weighted by molar-refractivity contribution is 5.16. The van der Waals surface area contributed by atoms with Gasteiger partial charge >= 0.3 is 0 Å². The third kappa shape index (κ3) is 1.38. The van der Waals surface area contributed by atoms with Crippen LogP contribution in [0.25, 0.3) is 0 Å². The first-order valence-electron chi connectivity index (χ1n) is 5.88. The van der Waals surface area contributed by atoms with E-state index in [1.807, 2.05) is 11.8 Å². The molecule has 88 valence electrons. The van der Waals surface area contributed by atoms with Crippen molar-refractivity contribution in [1.29, 1.82) is 5.26 Å². The van der Waals surface area contributed by atoms with E-state index < -0.39 is 6.41 Å². The van der Waals surface area contributed by atoms with Crippen LogP contribution in [0.2, 0.25) is 0 Å². The predicted octanol–water partition coefficient (Wildman–Crippen LogP) is 0.0526. The van der Waals surface area contributed by atoms with Crippen molar-refractivity contribution < 1.29 is 14.6 Å². The molecule has 5 heteroatoms. The van der Waals surface area contributed by atoms with Crippen LogP contribution in [0.1, 0.15) is 19.8 Å². The maximum absolute atomic E-state index is 9.92. The molecule has 2 bridgehead atoms. The van der Waals surface area contributed by atoms with Crippen LogP contribution in [0, 0.1) is 17.2 Å². The van der Waals surface area contributed by atoms with Crippen LogP contribution in [0.15, 0.2) is 0 Å². The van der Waals surface area contributed by atoms with E-state index in [0.29, 0.717) is 6.61 Å². The highest BCUT2D eigenvalue weighted by atomic mass is 16.6. The molecule has 3 fully saturated rings. The molecule has 3 rings (SSSR count). The van der Waals surface area contributed by atoms with Crippen molar-refractivity contribution in [2.75, 3.05) is 6.61 Å². The number of piperidine rings is 1. The first kappa shape index (κ1) is 10.5. The number of ether oxygens (including phenoxy) is 2. The van der Waals surface area contributed by atoms with Crippen LogP contribution in [-0.4, -0.2) is 47.3 Å². The van der Waals surface area contributed by atoms with Gasteiger partial charge in [-0.1, -0.05) is 0 Å². The molecule has 0 spiro atoms. The van der Waals surface area contributed by atoms with E-state index in [1.165, 1.54) is 0 Å². The molecular weight excluding hydrogens is 208 g/mol. The summed E-state index contributed by atoms with van der Waals surface area (Å²) in [6.45, 7) is 2.36. The minimum Gasteiger partial charge on any atom is -0.366 e. The quantitative estimate of drug-likeness (QED) is 0.542. The highest BCUT2D eigenvalue weighted by Crippen LogP contribution is 2.50. The molecule has 0 aromatic heterocycles. The zero-order valence-electron chi connectivity index (χ0n) is 9.24. The minimum atomic E-state index is -0.837. The monoisotopic (exact) mass is 224 g/mol. The molecule has 0 saturated carbocycles. The molecule has 6 atom stereocenters. The Bertz CT molecular complexity index is 312. The molecule has 1 N–H and O–H groups in total. The summed E-state index contributed by atoms with van der Waals surface area (Å²) in [7, 11) is 0. The van der Waals surface area contributed by atoms with Crippen molar-refractivity contribution in [1.82, 2.24) is 4.90 Å². The van der Waals surface area contributed by atoms with E-state index in [9.17, 15) is 5.11 Å². The van der Waals surface area contributed by atoms with Gasteiger partial charge in [-0.25, -0.2) is 4.90 Å². The largest absolute Gasteiger partial charge is 0.366 e. The first-order chi connectivity index (χ1) is 7.76. The second kappa shape index (κ2) is 3.67. The first-order valence-corrected chi connectivity index (χ1v) is 5.88. The van der Waals surface area contributed by atoms with Crippen molar-refractivity contribution in [2.45, 2.75) is 50.5 Å². The second-order valence-electron chi connectivity index (χ2n) is 4.73. The van der Waals surface area contributed by atoms with E-state index in [0.717, 1.165) is 12.8 Å². The molecule has 0 aromatic rings. The Labute approximate surface area is 94.5 Å². The summed E-state index contributed by atoms with van der Waals surface area (Å²) in [5, 5.41) is 18.9. The van der Waals surface area contributed by atoms with Gasteiger partial charge in [-0.3, -0.25) is 0 Å². The number of morpholine rings is 1. The fourth-order valence-electron chi connectivity index (χ4n) is 3.20. The number of rotatable bonds is 3. The fourth-order valence-corrected chi connectivity index (χ4v) is 3.20. The van der Waals surface area contributed by atoms with Crippen LogP contribution in [0.5, 0.6) is 0 Å². The van der Waals surface area contributed by atoms with E-state index in [-0.39, 0.29) is 30.2 Å². The molecule has 4 unspecified atom stereocenters. The van der Waals surface area contributed by atoms with Crippen molar-refractivity contribution in [3.63, 3.8) is 0 Å². The standard InChI is InChI=1S/C11H16N2O3/c1-2-15-11(14)13-7-3-6(5-12)4-8(13)10-9(7)16-10/h6-11,14H,2-4H2,1H3/t6?,7?,8?,9-,10+,11?. The molecule has 3 saturated heterocycles. The van der Waals surface area contributed by atoms with Gasteiger partial charge in [0, 0.05) is 24.6 Å². The second-order valence-corrected chi connectivity index (χ2v) is 4.73. The summed E-state index contributed by atoms with van der Waals surface area (Å²) < 4.78 is 10.8. The molecule has 3 aliphatic rings. The van der Waals surface area contributed by atoms with Crippen LogP contribution in [0.3, 0.4) is 0 Å². The maximum Gasteiger partial charge on any atom is 0.216 e. The Morgan fingerprint density at radius 3 is 2.62 bits per heavy atom. The maximum atomic E-state index is 9.92. The van der Waals surface area contributed by atoms with E-state index in [1.54, 1.807) is 0 Å². The Kier molecular flexibility index (Phi) is 2.41. The lowest BCUT2D eigenvalue weighted by Crippen LogP contribution is -2.53. The van der Waals surface area contributed by atoms with Gasteiger partial charge in [0.05, 0.1) is 6.07 Å². The summed E-state index contributed by atoms with van der Waals surface area (Å²) in [5.41, 5.74) is 0. The van der Waals surface area contributed by atoms with Gasteiger partial charge < -0.3 is 14.6 Å². The molecular formula is C11H16N2O3. The summed E-state index contributed by atoms with van der Waals surface area (Å²) >= 11 is 0. The average molecular weight is 224 g/mol. The number of hydrogen-bond acceptors (Lipinski definition) is 5. The zero-order chi connectivity index (χ0) is 11.3. The lowest BCUT2D eigenvalue weighted by molar-refractivity contribution is -0.225. The number of fused-ring (bicyclic) bond motifs is 5. The average Bonchev–Trinajstić information content (AvgIpc) is 3.03. The lowest BCUT2D eigenvalue weighted by atomic mass is 9.91. The molecule has 0 aromatic carbocycles. The molecule has 5 nitrogen and oxygen atoms in total. The van der Waals surface area contributed by atoms with Gasteiger partial charge in [-0.05, 0) is 19.8 Å². The predicted molar refractivity (Wildman–Crippen MR) is 54.0 cm³/mol. The Morgan fingerprint density at radius 2 is 2.12 bits per heavy atom. The Balaban J connectivity index is 1.76. The van der Waals surface area contributed by atoms with Gasteiger partial charge in [-0.2, -0.15) is 5.26 Å². The van der Waals surface area contributed by atoms with Crippen LogP contribution in [-0.2, 0) is 9.47 Å². The van der Waals surface area contributed by atoms with Crippen LogP contribution in [0.4, 0.5) is 0 Å². The van der Waals surface area contributed by atoms with Gasteiger partial charge in [0.1, 0.15) is 12.2 Å². The summed E-state index contributed by atoms with van der Waals surface area (Å²) in [6, 6.07) is 2.66. The number of aliphatic hydroxyl groups is 1. The van der Waals surface area contributed by atoms with E-state index in [4.69, 9.17) is 14.7 Å². The Morgan fingerprint density at radius 1 is 1.50 bits per heavy atom. The summed E-state index contributed by atoms with van der Waals surface area (Å²) in [6.07, 6.45) is 1.18. The van der Waals surface area contributed by atoms with Crippen molar-refractivity contribution >= 4 is 0 Å². The molecule has 0 aliphatic carbocycles. The van der Waals surface area contributed by atoms with Gasteiger partial charge in [0.15, 0.2) is 0 Å². The number of nitriles is 1. The SMILES string of the molecule is CCOC(O)N1C2CC(C#N)CC1[C@@H]1O[C@H]21. The number of nitrogens with zero attached hydrogens (tertiary/aromatic N) is 2. The van der Waals surface area contributed by atoms with Gasteiger partial charge in [0.2, 0.25) is 6.41 Å². The molecule has 0 radical (unpaired) electrons. The number of hydrogen-bond donors (Lipinski definition) is 1. The normalized spacial score (nSPS) is 47.2. The van der Waals surface area contributed by atoms with Gasteiger partial charge in [0.25, 0.3) is 0 Å². The smallest absolute Gasteiger partial charge is 0.216 e. The van der Waals surface area contributed by atoms with Crippen molar-refractivity contribution in [3.05, 3.63) is 0 Å². The molecule has 3 aliphatic heterocycles. The van der Waals surface area contributed by atoms with Crippen LogP contribution < -0.4 is 0 Å².